The number of aliphatic hydroxyl groups is 1. The van der Waals surface area contributed by atoms with E-state index >= 15 is 0 Å². The van der Waals surface area contributed by atoms with Crippen molar-refractivity contribution in [1.29, 1.82) is 0 Å². The summed E-state index contributed by atoms with van der Waals surface area (Å²) in [6.07, 6.45) is 12.1. The quantitative estimate of drug-likeness (QED) is 0.745. The van der Waals surface area contributed by atoms with Crippen LogP contribution in [0, 0.1) is 5.92 Å². The van der Waals surface area contributed by atoms with Gasteiger partial charge in [0.2, 0.25) is 0 Å². The smallest absolute Gasteiger partial charge is 0.0512 e. The molecular formula is C15H29NO. The van der Waals surface area contributed by atoms with Crippen molar-refractivity contribution < 1.29 is 5.11 Å². The molecule has 1 saturated heterocycles. The van der Waals surface area contributed by atoms with Crippen LogP contribution in [0.3, 0.4) is 0 Å². The summed E-state index contributed by atoms with van der Waals surface area (Å²) in [5.74, 6) is 1.01. The lowest BCUT2D eigenvalue weighted by atomic mass is 9.78. The van der Waals surface area contributed by atoms with E-state index in [-0.39, 0.29) is 6.10 Å². The third-order valence-electron chi connectivity index (χ3n) is 4.68. The molecule has 2 aliphatic rings. The number of hydrogen-bond acceptors (Lipinski definition) is 2. The molecule has 2 heteroatoms. The fourth-order valence-corrected chi connectivity index (χ4v) is 3.76. The van der Waals surface area contributed by atoms with E-state index in [0.717, 1.165) is 18.4 Å². The molecule has 1 aliphatic carbocycles. The van der Waals surface area contributed by atoms with Crippen molar-refractivity contribution >= 4 is 0 Å². The van der Waals surface area contributed by atoms with Crippen LogP contribution in [0.1, 0.15) is 64.7 Å². The minimum atomic E-state index is -0.112. The SMILES string of the molecule is CC(O)CCCCN1CCCC2CCCCC21. The number of nitrogens with zero attached hydrogens (tertiary/aromatic N) is 1. The van der Waals surface area contributed by atoms with E-state index in [1.807, 2.05) is 6.92 Å². The first-order chi connectivity index (χ1) is 8.27. The molecule has 0 radical (unpaired) electrons. The average Bonchev–Trinajstić information content (AvgIpc) is 2.34. The predicted octanol–water partition coefficient (Wildman–Crippen LogP) is 3.19. The van der Waals surface area contributed by atoms with Crippen LogP contribution in [0.4, 0.5) is 0 Å². The zero-order chi connectivity index (χ0) is 12.1. The van der Waals surface area contributed by atoms with Gasteiger partial charge in [-0.1, -0.05) is 12.8 Å². The highest BCUT2D eigenvalue weighted by Crippen LogP contribution is 2.35. The second-order valence-corrected chi connectivity index (χ2v) is 6.13. The first kappa shape index (κ1) is 13.4. The predicted molar refractivity (Wildman–Crippen MR) is 72.1 cm³/mol. The highest BCUT2D eigenvalue weighted by Gasteiger charge is 2.32. The van der Waals surface area contributed by atoms with Crippen molar-refractivity contribution in [2.24, 2.45) is 5.92 Å². The van der Waals surface area contributed by atoms with Crippen molar-refractivity contribution in [3.8, 4) is 0 Å². The molecule has 0 spiro atoms. The Hall–Kier alpha value is -0.0800. The lowest BCUT2D eigenvalue weighted by Crippen LogP contribution is -2.47. The summed E-state index contributed by atoms with van der Waals surface area (Å²) in [6, 6.07) is 0.907. The van der Waals surface area contributed by atoms with E-state index in [2.05, 4.69) is 4.90 Å². The minimum absolute atomic E-state index is 0.112. The van der Waals surface area contributed by atoms with Crippen LogP contribution in [0.15, 0.2) is 0 Å². The lowest BCUT2D eigenvalue weighted by Gasteiger charge is -2.44. The molecule has 0 aromatic carbocycles. The Bertz CT molecular complexity index is 215. The number of likely N-dealkylation sites (tertiary alicyclic amines) is 1. The van der Waals surface area contributed by atoms with Gasteiger partial charge in [0.25, 0.3) is 0 Å². The highest BCUT2D eigenvalue weighted by atomic mass is 16.3. The number of hydrogen-bond donors (Lipinski definition) is 1. The van der Waals surface area contributed by atoms with Gasteiger partial charge in [0.15, 0.2) is 0 Å². The molecule has 3 unspecified atom stereocenters. The summed E-state index contributed by atoms with van der Waals surface area (Å²) in [4.78, 5) is 2.76. The van der Waals surface area contributed by atoms with E-state index in [1.165, 1.54) is 64.5 Å². The molecule has 3 atom stereocenters. The fraction of sp³-hybridized carbons (Fsp3) is 1.00. The molecule has 2 rings (SSSR count). The van der Waals surface area contributed by atoms with Gasteiger partial charge in [0, 0.05) is 6.04 Å². The van der Waals surface area contributed by atoms with Crippen LogP contribution in [0.25, 0.3) is 0 Å². The molecule has 2 nitrogen and oxygen atoms in total. The summed E-state index contributed by atoms with van der Waals surface area (Å²) in [6.45, 7) is 4.50. The standard InChI is InChI=1S/C15H29NO/c1-13(17)7-4-5-11-16-12-6-9-14-8-2-3-10-15(14)16/h13-15,17H,2-12H2,1H3. The maximum atomic E-state index is 9.26. The number of fused-ring (bicyclic) bond motifs is 1. The number of rotatable bonds is 5. The number of piperidine rings is 1. The summed E-state index contributed by atoms with van der Waals surface area (Å²) < 4.78 is 0. The van der Waals surface area contributed by atoms with Crippen molar-refractivity contribution in [3.05, 3.63) is 0 Å². The third kappa shape index (κ3) is 3.96. The van der Waals surface area contributed by atoms with Gasteiger partial charge in [-0.05, 0) is 70.9 Å². The molecule has 0 amide bonds. The van der Waals surface area contributed by atoms with Gasteiger partial charge in [-0.15, -0.1) is 0 Å². The molecule has 1 saturated carbocycles. The van der Waals surface area contributed by atoms with Gasteiger partial charge < -0.3 is 10.0 Å². The second kappa shape index (κ2) is 6.75. The van der Waals surface area contributed by atoms with Crippen LogP contribution in [-0.2, 0) is 0 Å². The van der Waals surface area contributed by atoms with Crippen LogP contribution in [0.5, 0.6) is 0 Å². The average molecular weight is 239 g/mol. The van der Waals surface area contributed by atoms with Crippen molar-refractivity contribution in [2.45, 2.75) is 76.9 Å². The zero-order valence-corrected chi connectivity index (χ0v) is 11.4. The normalized spacial score (nSPS) is 32.1. The monoisotopic (exact) mass is 239 g/mol. The molecule has 0 bridgehead atoms. The van der Waals surface area contributed by atoms with E-state index in [0.29, 0.717) is 0 Å². The molecule has 1 aliphatic heterocycles. The van der Waals surface area contributed by atoms with E-state index in [4.69, 9.17) is 0 Å². The van der Waals surface area contributed by atoms with Crippen molar-refractivity contribution in [1.82, 2.24) is 4.90 Å². The second-order valence-electron chi connectivity index (χ2n) is 6.13. The van der Waals surface area contributed by atoms with Gasteiger partial charge >= 0.3 is 0 Å². The summed E-state index contributed by atoms with van der Waals surface area (Å²) in [7, 11) is 0. The van der Waals surface area contributed by atoms with Gasteiger partial charge in [-0.3, -0.25) is 0 Å². The van der Waals surface area contributed by atoms with E-state index < -0.39 is 0 Å². The Morgan fingerprint density at radius 2 is 1.88 bits per heavy atom. The summed E-state index contributed by atoms with van der Waals surface area (Å²) >= 11 is 0. The molecular weight excluding hydrogens is 210 g/mol. The Labute approximate surface area is 106 Å². The number of aliphatic hydroxyl groups excluding tert-OH is 1. The molecule has 1 N–H and O–H groups in total. The van der Waals surface area contributed by atoms with E-state index in [1.54, 1.807) is 0 Å². The van der Waals surface area contributed by atoms with Crippen LogP contribution in [0.2, 0.25) is 0 Å². The summed E-state index contributed by atoms with van der Waals surface area (Å²) in [5, 5.41) is 9.26. The highest BCUT2D eigenvalue weighted by molar-refractivity contribution is 4.87. The maximum absolute atomic E-state index is 9.26. The Balaban J connectivity index is 1.71. The molecule has 0 aromatic rings. The van der Waals surface area contributed by atoms with E-state index in [9.17, 15) is 5.11 Å². The van der Waals surface area contributed by atoms with Crippen LogP contribution in [-0.4, -0.2) is 35.2 Å². The summed E-state index contributed by atoms with van der Waals surface area (Å²) in [5.41, 5.74) is 0. The molecule has 1 heterocycles. The van der Waals surface area contributed by atoms with Gasteiger partial charge in [0.1, 0.15) is 0 Å². The molecule has 0 aromatic heterocycles. The third-order valence-corrected chi connectivity index (χ3v) is 4.68. The number of unbranched alkanes of at least 4 members (excludes halogenated alkanes) is 1. The van der Waals surface area contributed by atoms with Gasteiger partial charge in [-0.2, -0.15) is 0 Å². The van der Waals surface area contributed by atoms with Gasteiger partial charge in [0.05, 0.1) is 6.10 Å². The first-order valence-electron chi connectivity index (χ1n) is 7.69. The van der Waals surface area contributed by atoms with Crippen LogP contribution < -0.4 is 0 Å². The minimum Gasteiger partial charge on any atom is -0.393 e. The molecule has 17 heavy (non-hydrogen) atoms. The first-order valence-corrected chi connectivity index (χ1v) is 7.69. The van der Waals surface area contributed by atoms with Crippen LogP contribution >= 0.6 is 0 Å². The Morgan fingerprint density at radius 1 is 1.12 bits per heavy atom. The van der Waals surface area contributed by atoms with Crippen molar-refractivity contribution in [2.75, 3.05) is 13.1 Å². The van der Waals surface area contributed by atoms with Gasteiger partial charge in [-0.25, -0.2) is 0 Å². The maximum Gasteiger partial charge on any atom is 0.0512 e. The molecule has 2 fully saturated rings. The molecule has 100 valence electrons. The van der Waals surface area contributed by atoms with Crippen molar-refractivity contribution in [3.63, 3.8) is 0 Å². The largest absolute Gasteiger partial charge is 0.393 e. The lowest BCUT2D eigenvalue weighted by molar-refractivity contribution is 0.0586. The topological polar surface area (TPSA) is 23.5 Å². The fourth-order valence-electron chi connectivity index (χ4n) is 3.76. The Kier molecular flexibility index (Phi) is 5.30. The Morgan fingerprint density at radius 3 is 2.71 bits per heavy atom. The zero-order valence-electron chi connectivity index (χ0n) is 11.4.